The van der Waals surface area contributed by atoms with Gasteiger partial charge in [-0.1, -0.05) is 35.3 Å². The first-order chi connectivity index (χ1) is 17.9. The Morgan fingerprint density at radius 3 is 2.57 bits per heavy atom. The van der Waals surface area contributed by atoms with Gasteiger partial charge in [-0.3, -0.25) is 9.48 Å². The first-order valence-corrected chi connectivity index (χ1v) is 13.5. The standard InChI is InChI=1S/C28H28Cl2FN3O3/c29-21-2-1-3-22(30)28(21)20-13-32-34(18-6-7-18)25(20)15-37-26-12-19-11-17(26)14-33(19)24-8-4-16(10-23(24)31)5-9-27(35)36/h1-4,8,10,13,17-19,26H,5-7,9,11-12,14-15H2,(H,35,36)/t17-,19-,26+/m0/s1. The maximum Gasteiger partial charge on any atom is 0.303 e. The van der Waals surface area contributed by atoms with Crippen molar-refractivity contribution in [2.24, 2.45) is 5.92 Å². The van der Waals surface area contributed by atoms with E-state index in [1.807, 2.05) is 30.5 Å². The molecule has 9 heteroatoms. The van der Waals surface area contributed by atoms with Crippen LogP contribution in [-0.4, -0.2) is 39.5 Å². The van der Waals surface area contributed by atoms with Gasteiger partial charge < -0.3 is 14.7 Å². The van der Waals surface area contributed by atoms with Crippen molar-refractivity contribution >= 4 is 34.9 Å². The Hall–Kier alpha value is -2.61. The fraction of sp³-hybridized carbons (Fsp3) is 0.429. The van der Waals surface area contributed by atoms with Crippen LogP contribution in [0.25, 0.3) is 11.1 Å². The van der Waals surface area contributed by atoms with Crippen LogP contribution in [0, 0.1) is 11.7 Å². The van der Waals surface area contributed by atoms with Gasteiger partial charge in [0.05, 0.1) is 46.4 Å². The molecule has 3 aliphatic rings. The predicted octanol–water partition coefficient (Wildman–Crippen LogP) is 6.53. The summed E-state index contributed by atoms with van der Waals surface area (Å²) in [6.07, 6.45) is 6.28. The lowest BCUT2D eigenvalue weighted by atomic mass is 10.0. The second-order valence-electron chi connectivity index (χ2n) is 10.3. The van der Waals surface area contributed by atoms with Crippen molar-refractivity contribution in [3.63, 3.8) is 0 Å². The summed E-state index contributed by atoms with van der Waals surface area (Å²) in [4.78, 5) is 13.0. The molecule has 0 amide bonds. The second-order valence-corrected chi connectivity index (χ2v) is 11.2. The lowest BCUT2D eigenvalue weighted by Crippen LogP contribution is -2.39. The molecule has 2 aliphatic carbocycles. The molecule has 2 saturated carbocycles. The number of carbonyl (C=O) groups is 1. The normalized spacial score (nSPS) is 22.7. The Labute approximate surface area is 224 Å². The number of aliphatic carboxylic acids is 1. The third-order valence-corrected chi connectivity index (χ3v) is 8.51. The van der Waals surface area contributed by atoms with Crippen molar-refractivity contribution < 1.29 is 19.0 Å². The largest absolute Gasteiger partial charge is 0.481 e. The average molecular weight is 544 g/mol. The molecule has 6 nitrogen and oxygen atoms in total. The van der Waals surface area contributed by atoms with Gasteiger partial charge in [0.25, 0.3) is 0 Å². The summed E-state index contributed by atoms with van der Waals surface area (Å²) >= 11 is 13.0. The predicted molar refractivity (Wildman–Crippen MR) is 141 cm³/mol. The number of fused-ring (bicyclic) bond motifs is 2. The van der Waals surface area contributed by atoms with Crippen molar-refractivity contribution in [1.82, 2.24) is 9.78 Å². The number of ether oxygens (including phenoxy) is 1. The number of hydrogen-bond acceptors (Lipinski definition) is 4. The molecule has 3 aromatic rings. The zero-order valence-electron chi connectivity index (χ0n) is 20.2. The van der Waals surface area contributed by atoms with E-state index in [4.69, 9.17) is 33.0 Å². The van der Waals surface area contributed by atoms with Crippen LogP contribution in [0.4, 0.5) is 10.1 Å². The zero-order valence-corrected chi connectivity index (χ0v) is 21.8. The van der Waals surface area contributed by atoms with Crippen LogP contribution in [0.2, 0.25) is 10.0 Å². The molecule has 0 unspecified atom stereocenters. The summed E-state index contributed by atoms with van der Waals surface area (Å²) in [7, 11) is 0. The van der Waals surface area contributed by atoms with Crippen molar-refractivity contribution in [2.75, 3.05) is 11.4 Å². The van der Waals surface area contributed by atoms with E-state index in [1.54, 1.807) is 6.07 Å². The Bertz CT molecular complexity index is 1320. The molecule has 194 valence electrons. The van der Waals surface area contributed by atoms with Crippen LogP contribution in [0.15, 0.2) is 42.6 Å². The molecule has 3 atom stereocenters. The lowest BCUT2D eigenvalue weighted by molar-refractivity contribution is -0.136. The number of anilines is 1. The molecule has 3 fully saturated rings. The van der Waals surface area contributed by atoms with E-state index < -0.39 is 5.97 Å². The van der Waals surface area contributed by atoms with E-state index in [0.29, 0.717) is 46.3 Å². The van der Waals surface area contributed by atoms with Gasteiger partial charge in [-0.2, -0.15) is 5.10 Å². The van der Waals surface area contributed by atoms with Gasteiger partial charge in [-0.15, -0.1) is 0 Å². The topological polar surface area (TPSA) is 67.6 Å². The highest BCUT2D eigenvalue weighted by atomic mass is 35.5. The number of benzene rings is 2. The number of rotatable bonds is 9. The minimum atomic E-state index is -0.880. The first-order valence-electron chi connectivity index (χ1n) is 12.8. The van der Waals surface area contributed by atoms with Gasteiger partial charge >= 0.3 is 5.97 Å². The maximum absolute atomic E-state index is 14.9. The second kappa shape index (κ2) is 9.93. The van der Waals surface area contributed by atoms with E-state index in [9.17, 15) is 9.18 Å². The summed E-state index contributed by atoms with van der Waals surface area (Å²) in [5, 5.41) is 14.7. The third kappa shape index (κ3) is 4.85. The smallest absolute Gasteiger partial charge is 0.303 e. The number of nitrogens with zero attached hydrogens (tertiary/aromatic N) is 3. The van der Waals surface area contributed by atoms with Gasteiger partial charge in [0.1, 0.15) is 5.82 Å². The summed E-state index contributed by atoms with van der Waals surface area (Å²) in [5.41, 5.74) is 4.00. The highest BCUT2D eigenvalue weighted by molar-refractivity contribution is 6.39. The lowest BCUT2D eigenvalue weighted by Gasteiger charge is -2.33. The number of hydrogen-bond donors (Lipinski definition) is 1. The van der Waals surface area contributed by atoms with Crippen molar-refractivity contribution in [2.45, 2.75) is 63.3 Å². The number of halogens is 3. The molecule has 2 bridgehead atoms. The molecule has 0 spiro atoms. The molecular weight excluding hydrogens is 516 g/mol. The Balaban J connectivity index is 1.15. The Morgan fingerprint density at radius 1 is 1.14 bits per heavy atom. The molecule has 2 aromatic carbocycles. The molecule has 1 N–H and O–H groups in total. The summed E-state index contributed by atoms with van der Waals surface area (Å²) in [6.45, 7) is 1.17. The van der Waals surface area contributed by atoms with E-state index in [-0.39, 0.29) is 24.4 Å². The molecule has 6 rings (SSSR count). The number of piperidine rings is 1. The summed E-state index contributed by atoms with van der Waals surface area (Å²) in [6, 6.07) is 11.2. The van der Waals surface area contributed by atoms with Crippen molar-refractivity contribution in [3.05, 3.63) is 69.7 Å². The minimum Gasteiger partial charge on any atom is -0.481 e. The SMILES string of the molecule is O=C(O)CCc1ccc(N2C[C@@H]3C[C@H]2C[C@H]3OCc2c(-c3c(Cl)cccc3Cl)cnn2C2CC2)c(F)c1. The van der Waals surface area contributed by atoms with Crippen LogP contribution in [-0.2, 0) is 22.6 Å². The molecule has 37 heavy (non-hydrogen) atoms. The van der Waals surface area contributed by atoms with Crippen LogP contribution in [0.5, 0.6) is 0 Å². The van der Waals surface area contributed by atoms with Crippen molar-refractivity contribution in [1.29, 1.82) is 0 Å². The summed E-state index contributed by atoms with van der Waals surface area (Å²) < 4.78 is 23.5. The van der Waals surface area contributed by atoms with Gasteiger partial charge in [0.15, 0.2) is 0 Å². The molecule has 2 heterocycles. The highest BCUT2D eigenvalue weighted by Crippen LogP contribution is 2.45. The van der Waals surface area contributed by atoms with Gasteiger partial charge in [0.2, 0.25) is 0 Å². The van der Waals surface area contributed by atoms with Crippen LogP contribution < -0.4 is 4.90 Å². The van der Waals surface area contributed by atoms with E-state index in [0.717, 1.165) is 49.0 Å². The first kappa shape index (κ1) is 24.7. The molecule has 1 aromatic heterocycles. The Kier molecular flexibility index (Phi) is 6.63. The third-order valence-electron chi connectivity index (χ3n) is 7.88. The zero-order chi connectivity index (χ0) is 25.7. The van der Waals surface area contributed by atoms with Gasteiger partial charge in [-0.05, 0) is 61.9 Å². The molecule has 1 aliphatic heterocycles. The van der Waals surface area contributed by atoms with Crippen molar-refractivity contribution in [3.8, 4) is 11.1 Å². The molecule has 0 radical (unpaired) electrons. The maximum atomic E-state index is 14.9. The van der Waals surface area contributed by atoms with Gasteiger partial charge in [-0.25, -0.2) is 4.39 Å². The average Bonchev–Trinajstić information content (AvgIpc) is 3.32. The number of carboxylic acids is 1. The Morgan fingerprint density at radius 2 is 1.92 bits per heavy atom. The monoisotopic (exact) mass is 543 g/mol. The highest BCUT2D eigenvalue weighted by Gasteiger charge is 2.46. The van der Waals surface area contributed by atoms with Crippen LogP contribution in [0.1, 0.15) is 49.4 Å². The fourth-order valence-electron chi connectivity index (χ4n) is 5.91. The fourth-order valence-corrected chi connectivity index (χ4v) is 6.51. The van der Waals surface area contributed by atoms with Gasteiger partial charge in [0, 0.05) is 36.1 Å². The molecular formula is C28H28Cl2FN3O3. The van der Waals surface area contributed by atoms with E-state index in [2.05, 4.69) is 14.7 Å². The number of aryl methyl sites for hydroxylation is 1. The number of carboxylic acid groups (broad SMARTS) is 1. The van der Waals surface area contributed by atoms with Crippen LogP contribution in [0.3, 0.4) is 0 Å². The summed E-state index contributed by atoms with van der Waals surface area (Å²) in [5.74, 6) is -0.849. The van der Waals surface area contributed by atoms with Crippen LogP contribution >= 0.6 is 23.2 Å². The number of aromatic nitrogens is 2. The minimum absolute atomic E-state index is 0.00370. The quantitative estimate of drug-likeness (QED) is 0.332. The van der Waals surface area contributed by atoms with E-state index in [1.165, 1.54) is 6.07 Å². The van der Waals surface area contributed by atoms with E-state index >= 15 is 0 Å². The molecule has 1 saturated heterocycles.